The number of amides is 4. The number of anilines is 1. The number of methoxy groups -OCH3 is 1. The summed E-state index contributed by atoms with van der Waals surface area (Å²) in [6.45, 7) is 1.03. The van der Waals surface area contributed by atoms with Crippen LogP contribution >= 0.6 is 11.8 Å². The topological polar surface area (TPSA) is 140 Å². The van der Waals surface area contributed by atoms with Crippen LogP contribution in [0.2, 0.25) is 0 Å². The number of primary amides is 1. The summed E-state index contributed by atoms with van der Waals surface area (Å²) in [7, 11) is 1.40. The van der Waals surface area contributed by atoms with E-state index in [0.29, 0.717) is 24.4 Å². The van der Waals surface area contributed by atoms with Gasteiger partial charge in [0.05, 0.1) is 12.5 Å². The fourth-order valence-corrected chi connectivity index (χ4v) is 6.06. The first-order valence-electron chi connectivity index (χ1n) is 11.0. The van der Waals surface area contributed by atoms with Crippen LogP contribution in [0, 0.1) is 11.2 Å². The number of hydrogen-bond acceptors (Lipinski definition) is 8. The van der Waals surface area contributed by atoms with E-state index >= 15 is 0 Å². The molecule has 13 heteroatoms. The molecule has 0 aliphatic carbocycles. The molecule has 2 atom stereocenters. The summed E-state index contributed by atoms with van der Waals surface area (Å²) < 4.78 is 24.2. The molecule has 2 saturated heterocycles. The molecular formula is C22H23FN6O5S. The summed E-state index contributed by atoms with van der Waals surface area (Å²) in [5.74, 6) is -0.380. The number of nitrogens with zero attached hydrogens (tertiary/aromatic N) is 4. The summed E-state index contributed by atoms with van der Waals surface area (Å²) in [6, 6.07) is 5.34. The van der Waals surface area contributed by atoms with E-state index in [9.17, 15) is 18.8 Å². The van der Waals surface area contributed by atoms with Crippen LogP contribution in [0.5, 0.6) is 5.88 Å². The van der Waals surface area contributed by atoms with Gasteiger partial charge in [0.2, 0.25) is 17.3 Å². The highest BCUT2D eigenvalue weighted by Crippen LogP contribution is 2.49. The lowest BCUT2D eigenvalue weighted by atomic mass is 9.68. The third-order valence-corrected chi connectivity index (χ3v) is 7.85. The van der Waals surface area contributed by atoms with Gasteiger partial charge in [-0.15, -0.1) is 0 Å². The molecule has 2 aromatic rings. The first-order valence-corrected chi connectivity index (χ1v) is 11.9. The Hall–Kier alpha value is -3.61. The summed E-state index contributed by atoms with van der Waals surface area (Å²) in [5.41, 5.74) is 4.91. The fraction of sp³-hybridized carbons (Fsp3) is 0.409. The Bertz CT molecular complexity index is 1170. The average Bonchev–Trinajstić information content (AvgIpc) is 3.37. The van der Waals surface area contributed by atoms with Gasteiger partial charge in [-0.3, -0.25) is 4.79 Å². The van der Waals surface area contributed by atoms with Gasteiger partial charge in [0.1, 0.15) is 22.9 Å². The van der Waals surface area contributed by atoms with Crippen LogP contribution in [0.25, 0.3) is 0 Å². The van der Waals surface area contributed by atoms with Crippen molar-refractivity contribution >= 4 is 35.5 Å². The van der Waals surface area contributed by atoms with Gasteiger partial charge in [0.25, 0.3) is 0 Å². The Balaban J connectivity index is 1.28. The van der Waals surface area contributed by atoms with Gasteiger partial charge in [0, 0.05) is 25.6 Å². The fourth-order valence-electron chi connectivity index (χ4n) is 5.01. The average molecular weight is 503 g/mol. The van der Waals surface area contributed by atoms with E-state index in [-0.39, 0.29) is 42.3 Å². The SMILES string of the molecule is COc1ncnc2c1N(C(N)=O)C(OC(=O)N1CCC3(CC1)C(=O)NCC3c1ccc(F)cc1)S2. The van der Waals surface area contributed by atoms with Crippen molar-refractivity contribution in [2.45, 2.75) is 29.3 Å². The minimum Gasteiger partial charge on any atom is -0.479 e. The monoisotopic (exact) mass is 502 g/mol. The van der Waals surface area contributed by atoms with Crippen molar-refractivity contribution in [3.05, 3.63) is 42.0 Å². The highest BCUT2D eigenvalue weighted by molar-refractivity contribution is 8.00. The Morgan fingerprint density at radius 2 is 1.94 bits per heavy atom. The number of urea groups is 1. The predicted octanol–water partition coefficient (Wildman–Crippen LogP) is 2.03. The number of carbonyl (C=O) groups excluding carboxylic acids is 3. The van der Waals surface area contributed by atoms with Gasteiger partial charge in [0.15, 0.2) is 0 Å². The van der Waals surface area contributed by atoms with Crippen molar-refractivity contribution in [1.29, 1.82) is 0 Å². The van der Waals surface area contributed by atoms with Gasteiger partial charge < -0.3 is 25.4 Å². The second-order valence-electron chi connectivity index (χ2n) is 8.51. The normalized spacial score (nSPS) is 22.6. The molecule has 0 radical (unpaired) electrons. The van der Waals surface area contributed by atoms with Gasteiger partial charge in [-0.25, -0.2) is 23.9 Å². The third-order valence-electron chi connectivity index (χ3n) is 6.82. The maximum Gasteiger partial charge on any atom is 0.412 e. The number of piperidine rings is 1. The standard InChI is InChI=1S/C22H23FN6O5S/c1-33-16-15-17(27-11-26-16)35-21(29(15)19(24)31)34-20(32)28-8-6-22(7-9-28)14(10-25-18(22)30)12-2-4-13(23)5-3-12/h2-5,11,14,21H,6-10H2,1H3,(H2,24,31)(H,25,30). The first kappa shape index (κ1) is 23.1. The van der Waals surface area contributed by atoms with E-state index < -0.39 is 23.1 Å². The van der Waals surface area contributed by atoms with E-state index in [1.165, 1.54) is 30.5 Å². The number of halogens is 1. The zero-order valence-electron chi connectivity index (χ0n) is 18.8. The maximum absolute atomic E-state index is 13.4. The molecule has 35 heavy (non-hydrogen) atoms. The van der Waals surface area contributed by atoms with Gasteiger partial charge in [-0.2, -0.15) is 4.98 Å². The summed E-state index contributed by atoms with van der Waals surface area (Å²) in [4.78, 5) is 48.7. The van der Waals surface area contributed by atoms with Gasteiger partial charge in [-0.05, 0) is 42.3 Å². The van der Waals surface area contributed by atoms with E-state index in [2.05, 4.69) is 15.3 Å². The highest BCUT2D eigenvalue weighted by atomic mass is 32.2. The zero-order chi connectivity index (χ0) is 24.7. The second kappa shape index (κ2) is 8.87. The third kappa shape index (κ3) is 3.89. The number of benzene rings is 1. The molecule has 2 unspecified atom stereocenters. The number of carbonyl (C=O) groups is 3. The number of nitrogens with two attached hydrogens (primary N) is 1. The van der Waals surface area contributed by atoms with E-state index in [1.807, 2.05) is 0 Å². The molecular weight excluding hydrogens is 479 g/mol. The second-order valence-corrected chi connectivity index (χ2v) is 9.54. The number of ether oxygens (including phenoxy) is 2. The summed E-state index contributed by atoms with van der Waals surface area (Å²) in [6.07, 6.45) is 1.49. The molecule has 4 amide bonds. The number of likely N-dealkylation sites (tertiary alicyclic amines) is 1. The summed E-state index contributed by atoms with van der Waals surface area (Å²) >= 11 is 1.04. The Kier molecular flexibility index (Phi) is 5.87. The number of aromatic nitrogens is 2. The number of rotatable bonds is 3. The summed E-state index contributed by atoms with van der Waals surface area (Å²) in [5, 5.41) is 3.33. The lowest BCUT2D eigenvalue weighted by Crippen LogP contribution is -2.50. The van der Waals surface area contributed by atoms with Crippen LogP contribution in [0.3, 0.4) is 0 Å². The predicted molar refractivity (Wildman–Crippen MR) is 122 cm³/mol. The molecule has 5 rings (SSSR count). The minimum atomic E-state index is -1.07. The molecule has 1 aromatic carbocycles. The number of hydrogen-bond donors (Lipinski definition) is 2. The molecule has 3 aliphatic rings. The molecule has 2 fully saturated rings. The first-order chi connectivity index (χ1) is 16.8. The van der Waals surface area contributed by atoms with Crippen LogP contribution in [-0.4, -0.2) is 65.2 Å². The van der Waals surface area contributed by atoms with Crippen molar-refractivity contribution in [2.24, 2.45) is 11.1 Å². The van der Waals surface area contributed by atoms with Crippen molar-refractivity contribution < 1.29 is 28.2 Å². The molecule has 184 valence electrons. The molecule has 1 aromatic heterocycles. The van der Waals surface area contributed by atoms with Gasteiger partial charge in [-0.1, -0.05) is 12.1 Å². The highest BCUT2D eigenvalue weighted by Gasteiger charge is 2.53. The number of nitrogens with one attached hydrogen (secondary N) is 1. The quantitative estimate of drug-likeness (QED) is 0.608. The number of thioether (sulfide) groups is 1. The lowest BCUT2D eigenvalue weighted by Gasteiger charge is -2.40. The van der Waals surface area contributed by atoms with Crippen LogP contribution < -0.4 is 20.7 Å². The molecule has 11 nitrogen and oxygen atoms in total. The molecule has 3 aliphatic heterocycles. The Labute approximate surface area is 204 Å². The Morgan fingerprint density at radius 3 is 2.60 bits per heavy atom. The van der Waals surface area contributed by atoms with Crippen molar-refractivity contribution in [2.75, 3.05) is 31.6 Å². The molecule has 0 saturated carbocycles. The minimum absolute atomic E-state index is 0.0628. The maximum atomic E-state index is 13.4. The Morgan fingerprint density at radius 1 is 1.23 bits per heavy atom. The van der Waals surface area contributed by atoms with Crippen LogP contribution in [0.1, 0.15) is 24.3 Å². The lowest BCUT2D eigenvalue weighted by molar-refractivity contribution is -0.130. The van der Waals surface area contributed by atoms with Crippen molar-refractivity contribution in [1.82, 2.24) is 20.2 Å². The molecule has 0 bridgehead atoms. The molecule has 3 N–H and O–H groups in total. The van der Waals surface area contributed by atoms with E-state index in [4.69, 9.17) is 15.2 Å². The zero-order valence-corrected chi connectivity index (χ0v) is 19.6. The van der Waals surface area contributed by atoms with Crippen molar-refractivity contribution in [3.63, 3.8) is 0 Å². The van der Waals surface area contributed by atoms with Crippen LogP contribution in [-0.2, 0) is 9.53 Å². The largest absolute Gasteiger partial charge is 0.479 e. The van der Waals surface area contributed by atoms with Crippen molar-refractivity contribution in [3.8, 4) is 5.88 Å². The van der Waals surface area contributed by atoms with Crippen LogP contribution in [0.15, 0.2) is 35.6 Å². The van der Waals surface area contributed by atoms with Crippen LogP contribution in [0.4, 0.5) is 19.7 Å². The molecule has 4 heterocycles. The smallest absolute Gasteiger partial charge is 0.412 e. The number of fused-ring (bicyclic) bond motifs is 1. The van der Waals surface area contributed by atoms with E-state index in [1.54, 1.807) is 12.1 Å². The van der Waals surface area contributed by atoms with E-state index in [0.717, 1.165) is 22.2 Å². The molecule has 1 spiro atoms. The van der Waals surface area contributed by atoms with Gasteiger partial charge >= 0.3 is 12.1 Å².